The summed E-state index contributed by atoms with van der Waals surface area (Å²) in [5, 5.41) is 9.09. The standard InChI is InChI=1S/C22H25ClN4O3/c23-19-10-9-16(12-18(19)22(30)27-15-6-2-1-3-7-15)25-13-20(28)26-17-8-4-5-14(11-17)21(24)29/h4-5,8-12,15,25H,1-3,6-7,13H2,(H2,24,29)(H,26,28)(H,27,30). The van der Waals surface area contributed by atoms with Crippen molar-refractivity contribution in [3.8, 4) is 0 Å². The Morgan fingerprint density at radius 3 is 2.50 bits per heavy atom. The number of amides is 3. The Morgan fingerprint density at radius 1 is 1.00 bits per heavy atom. The molecular weight excluding hydrogens is 404 g/mol. The normalized spacial score (nSPS) is 14.0. The maximum Gasteiger partial charge on any atom is 0.253 e. The molecule has 0 bridgehead atoms. The lowest BCUT2D eigenvalue weighted by molar-refractivity contribution is -0.114. The molecule has 0 heterocycles. The van der Waals surface area contributed by atoms with E-state index in [9.17, 15) is 14.4 Å². The van der Waals surface area contributed by atoms with E-state index >= 15 is 0 Å². The number of nitrogens with one attached hydrogen (secondary N) is 3. The van der Waals surface area contributed by atoms with E-state index < -0.39 is 5.91 Å². The number of anilines is 2. The fraction of sp³-hybridized carbons (Fsp3) is 0.318. The maximum atomic E-state index is 12.6. The van der Waals surface area contributed by atoms with Gasteiger partial charge >= 0.3 is 0 Å². The van der Waals surface area contributed by atoms with Crippen molar-refractivity contribution in [2.24, 2.45) is 5.73 Å². The van der Waals surface area contributed by atoms with Crippen LogP contribution in [0.1, 0.15) is 52.8 Å². The molecule has 2 aromatic carbocycles. The first kappa shape index (κ1) is 21.6. The lowest BCUT2D eigenvalue weighted by Gasteiger charge is -2.23. The van der Waals surface area contributed by atoms with Crippen molar-refractivity contribution in [1.82, 2.24) is 5.32 Å². The van der Waals surface area contributed by atoms with Gasteiger partial charge in [-0.3, -0.25) is 14.4 Å². The van der Waals surface area contributed by atoms with Crippen molar-refractivity contribution in [3.63, 3.8) is 0 Å². The zero-order valence-corrected chi connectivity index (χ0v) is 17.3. The lowest BCUT2D eigenvalue weighted by Crippen LogP contribution is -2.36. The average molecular weight is 429 g/mol. The fourth-order valence-electron chi connectivity index (χ4n) is 3.46. The highest BCUT2D eigenvalue weighted by atomic mass is 35.5. The molecule has 158 valence electrons. The van der Waals surface area contributed by atoms with Gasteiger partial charge in [-0.1, -0.05) is 36.9 Å². The second-order valence-corrected chi connectivity index (χ2v) is 7.76. The highest BCUT2D eigenvalue weighted by Crippen LogP contribution is 2.23. The van der Waals surface area contributed by atoms with Crippen LogP contribution >= 0.6 is 11.6 Å². The number of benzene rings is 2. The molecule has 0 saturated heterocycles. The van der Waals surface area contributed by atoms with E-state index in [-0.39, 0.29) is 24.4 Å². The zero-order chi connectivity index (χ0) is 21.5. The molecule has 1 aliphatic carbocycles. The van der Waals surface area contributed by atoms with Gasteiger partial charge in [0, 0.05) is 23.0 Å². The van der Waals surface area contributed by atoms with Crippen molar-refractivity contribution < 1.29 is 14.4 Å². The molecule has 30 heavy (non-hydrogen) atoms. The first-order chi connectivity index (χ1) is 14.4. The minimum Gasteiger partial charge on any atom is -0.376 e. The molecule has 5 N–H and O–H groups in total. The minimum atomic E-state index is -0.565. The van der Waals surface area contributed by atoms with Gasteiger partial charge in [-0.15, -0.1) is 0 Å². The van der Waals surface area contributed by atoms with Gasteiger partial charge in [0.1, 0.15) is 0 Å². The number of carbonyl (C=O) groups is 3. The molecule has 0 aliphatic heterocycles. The molecule has 0 unspecified atom stereocenters. The molecule has 3 amide bonds. The fourth-order valence-corrected chi connectivity index (χ4v) is 3.66. The summed E-state index contributed by atoms with van der Waals surface area (Å²) in [6.45, 7) is -0.0217. The number of carbonyl (C=O) groups excluding carboxylic acids is 3. The SMILES string of the molecule is NC(=O)c1cccc(NC(=O)CNc2ccc(Cl)c(C(=O)NC3CCCCC3)c2)c1. The van der Waals surface area contributed by atoms with Crippen molar-refractivity contribution in [2.45, 2.75) is 38.1 Å². The molecule has 1 aliphatic rings. The Balaban J connectivity index is 1.58. The van der Waals surface area contributed by atoms with Crippen LogP contribution in [0.4, 0.5) is 11.4 Å². The molecule has 0 spiro atoms. The molecule has 1 fully saturated rings. The van der Waals surface area contributed by atoms with E-state index in [2.05, 4.69) is 16.0 Å². The molecule has 0 atom stereocenters. The molecule has 1 saturated carbocycles. The summed E-state index contributed by atoms with van der Waals surface area (Å²) in [6, 6.07) is 11.6. The molecular formula is C22H25ClN4O3. The Bertz CT molecular complexity index is 942. The van der Waals surface area contributed by atoms with Crippen molar-refractivity contribution in [3.05, 3.63) is 58.6 Å². The number of halogens is 1. The van der Waals surface area contributed by atoms with Crippen molar-refractivity contribution in [2.75, 3.05) is 17.2 Å². The van der Waals surface area contributed by atoms with E-state index in [0.717, 1.165) is 25.7 Å². The maximum absolute atomic E-state index is 12.6. The van der Waals surface area contributed by atoms with E-state index in [1.807, 2.05) is 0 Å². The van der Waals surface area contributed by atoms with Gasteiger partial charge in [0.05, 0.1) is 17.1 Å². The van der Waals surface area contributed by atoms with Gasteiger partial charge in [0.15, 0.2) is 0 Å². The van der Waals surface area contributed by atoms with Gasteiger partial charge < -0.3 is 21.7 Å². The molecule has 8 heteroatoms. The Kier molecular flexibility index (Phi) is 7.30. The monoisotopic (exact) mass is 428 g/mol. The van der Waals surface area contributed by atoms with E-state index in [1.54, 1.807) is 36.4 Å². The van der Waals surface area contributed by atoms with Crippen LogP contribution in [-0.4, -0.2) is 30.3 Å². The second-order valence-electron chi connectivity index (χ2n) is 7.35. The molecule has 3 rings (SSSR count). The molecule has 0 aromatic heterocycles. The quantitative estimate of drug-likeness (QED) is 0.540. The van der Waals surface area contributed by atoms with Crippen LogP contribution < -0.4 is 21.7 Å². The lowest BCUT2D eigenvalue weighted by atomic mass is 9.95. The molecule has 2 aromatic rings. The van der Waals surface area contributed by atoms with Gasteiger partial charge in [-0.2, -0.15) is 0 Å². The van der Waals surface area contributed by atoms with E-state index in [4.69, 9.17) is 17.3 Å². The summed E-state index contributed by atoms with van der Waals surface area (Å²) in [4.78, 5) is 36.1. The van der Waals surface area contributed by atoms with Crippen LogP contribution in [0.15, 0.2) is 42.5 Å². The summed E-state index contributed by atoms with van der Waals surface area (Å²) < 4.78 is 0. The highest BCUT2D eigenvalue weighted by molar-refractivity contribution is 6.34. The predicted molar refractivity (Wildman–Crippen MR) is 118 cm³/mol. The number of rotatable bonds is 7. The number of hydrogen-bond acceptors (Lipinski definition) is 4. The van der Waals surface area contributed by atoms with Crippen LogP contribution in [0.5, 0.6) is 0 Å². The molecule has 7 nitrogen and oxygen atoms in total. The van der Waals surface area contributed by atoms with Crippen LogP contribution in [-0.2, 0) is 4.79 Å². The predicted octanol–water partition coefficient (Wildman–Crippen LogP) is 3.55. The summed E-state index contributed by atoms with van der Waals surface area (Å²) in [5.74, 6) is -1.08. The summed E-state index contributed by atoms with van der Waals surface area (Å²) in [5.41, 5.74) is 7.02. The highest BCUT2D eigenvalue weighted by Gasteiger charge is 2.18. The Labute approximate surface area is 180 Å². The van der Waals surface area contributed by atoms with Gasteiger partial charge in [0.2, 0.25) is 11.8 Å². The number of primary amides is 1. The zero-order valence-electron chi connectivity index (χ0n) is 16.5. The van der Waals surface area contributed by atoms with E-state index in [1.165, 1.54) is 12.5 Å². The third-order valence-corrected chi connectivity index (χ3v) is 5.36. The number of hydrogen-bond donors (Lipinski definition) is 4. The summed E-state index contributed by atoms with van der Waals surface area (Å²) in [7, 11) is 0. The number of nitrogens with two attached hydrogens (primary N) is 1. The summed E-state index contributed by atoms with van der Waals surface area (Å²) >= 11 is 6.21. The Morgan fingerprint density at radius 2 is 1.77 bits per heavy atom. The topological polar surface area (TPSA) is 113 Å². The van der Waals surface area contributed by atoms with Crippen molar-refractivity contribution in [1.29, 1.82) is 0 Å². The van der Waals surface area contributed by atoms with Crippen molar-refractivity contribution >= 4 is 40.7 Å². The second kappa shape index (κ2) is 10.1. The van der Waals surface area contributed by atoms with Gasteiger partial charge in [0.25, 0.3) is 5.91 Å². The van der Waals surface area contributed by atoms with E-state index in [0.29, 0.717) is 27.5 Å². The molecule has 0 radical (unpaired) electrons. The smallest absolute Gasteiger partial charge is 0.253 e. The van der Waals surface area contributed by atoms with Gasteiger partial charge in [-0.25, -0.2) is 0 Å². The Hall–Kier alpha value is -3.06. The van der Waals surface area contributed by atoms with Crippen LogP contribution in [0.2, 0.25) is 5.02 Å². The third-order valence-electron chi connectivity index (χ3n) is 5.04. The first-order valence-corrected chi connectivity index (χ1v) is 10.3. The van der Waals surface area contributed by atoms with Gasteiger partial charge in [-0.05, 0) is 49.2 Å². The van der Waals surface area contributed by atoms with Crippen LogP contribution in [0.25, 0.3) is 0 Å². The summed E-state index contributed by atoms with van der Waals surface area (Å²) in [6.07, 6.45) is 5.42. The van der Waals surface area contributed by atoms with Crippen LogP contribution in [0.3, 0.4) is 0 Å². The minimum absolute atomic E-state index is 0.0217. The van der Waals surface area contributed by atoms with Crippen LogP contribution in [0, 0.1) is 0 Å². The third kappa shape index (κ3) is 5.97. The first-order valence-electron chi connectivity index (χ1n) is 9.96. The average Bonchev–Trinajstić information content (AvgIpc) is 2.74. The largest absolute Gasteiger partial charge is 0.376 e.